The molecule has 0 fully saturated rings. The number of hydrogen-bond acceptors (Lipinski definition) is 6. The van der Waals surface area contributed by atoms with Crippen LogP contribution in [0.25, 0.3) is 0 Å². The van der Waals surface area contributed by atoms with E-state index in [1.807, 2.05) is 0 Å². The zero-order valence-corrected chi connectivity index (χ0v) is 52.8. The van der Waals surface area contributed by atoms with E-state index in [1.54, 1.807) is 0 Å². The highest BCUT2D eigenvalue weighted by atomic mass is 16.6. The third-order valence-electron chi connectivity index (χ3n) is 14.8. The zero-order valence-electron chi connectivity index (χ0n) is 52.8. The summed E-state index contributed by atoms with van der Waals surface area (Å²) in [5, 5.41) is 0. The highest BCUT2D eigenvalue weighted by Crippen LogP contribution is 2.17. The number of hydrogen-bond donors (Lipinski definition) is 0. The molecule has 0 aromatic heterocycles. The SMILES string of the molecule is CC/C=C\C/C=C\C/C=C\C/C=C\C/C=C\CCCCCCCCCCCC(=O)OCC(COC(=O)CCCCCCC/C=C\CCCCC)OC(=O)CCCCCCCCCCCCCCC/C=C\C/C=C\CCCCCCC. The Balaban J connectivity index is 4.29. The van der Waals surface area contributed by atoms with Crippen molar-refractivity contribution in [1.29, 1.82) is 0 Å². The van der Waals surface area contributed by atoms with Gasteiger partial charge in [0.2, 0.25) is 0 Å². The standard InChI is InChI=1S/C74H128O6/c1-4-7-10-13-16-19-22-25-27-29-31-33-35-37-39-41-43-45-47-49-52-55-58-61-64-67-73(76)79-70-71(69-78-72(75)66-63-60-57-54-51-24-21-18-15-12-9-6-3)80-74(77)68-65-62-59-56-53-50-48-46-44-42-40-38-36-34-32-30-28-26-23-20-17-14-11-8-5-2/h7,10,16,18-19,21,23,25-27,30-33,37,39,71H,4-6,8-9,11-15,17,20,22,24,28-29,34-36,38,40-70H2,1-3H3/b10-7-,19-16-,21-18-,26-23-,27-25-,32-30-,33-31-,39-37-. The average molecular weight is 1110 g/mol. The van der Waals surface area contributed by atoms with Crippen LogP contribution in [0.2, 0.25) is 0 Å². The van der Waals surface area contributed by atoms with Crippen LogP contribution in [0.5, 0.6) is 0 Å². The topological polar surface area (TPSA) is 78.9 Å². The van der Waals surface area contributed by atoms with Gasteiger partial charge in [-0.2, -0.15) is 0 Å². The van der Waals surface area contributed by atoms with Crippen LogP contribution in [0.15, 0.2) is 97.2 Å². The van der Waals surface area contributed by atoms with E-state index in [4.69, 9.17) is 14.2 Å². The largest absolute Gasteiger partial charge is 0.462 e. The smallest absolute Gasteiger partial charge is 0.306 e. The molecule has 1 unspecified atom stereocenters. The molecule has 0 aromatic carbocycles. The van der Waals surface area contributed by atoms with Crippen molar-refractivity contribution in [2.75, 3.05) is 13.2 Å². The summed E-state index contributed by atoms with van der Waals surface area (Å²) in [6.45, 7) is 6.51. The first-order valence-corrected chi connectivity index (χ1v) is 34.2. The molecule has 0 saturated carbocycles. The number of esters is 3. The van der Waals surface area contributed by atoms with Crippen molar-refractivity contribution in [3.63, 3.8) is 0 Å². The fraction of sp³-hybridized carbons (Fsp3) is 0.743. The van der Waals surface area contributed by atoms with Gasteiger partial charge in [-0.25, -0.2) is 0 Å². The van der Waals surface area contributed by atoms with Crippen LogP contribution < -0.4 is 0 Å². The quantitative estimate of drug-likeness (QED) is 0.0261. The number of carbonyl (C=O) groups is 3. The van der Waals surface area contributed by atoms with Crippen LogP contribution in [0, 0.1) is 0 Å². The summed E-state index contributed by atoms with van der Waals surface area (Å²) >= 11 is 0. The number of carbonyl (C=O) groups excluding carboxylic acids is 3. The number of rotatable bonds is 62. The van der Waals surface area contributed by atoms with Crippen LogP contribution in [0.1, 0.15) is 335 Å². The summed E-state index contributed by atoms with van der Waals surface area (Å²) in [4.78, 5) is 38.4. The van der Waals surface area contributed by atoms with Crippen molar-refractivity contribution in [1.82, 2.24) is 0 Å². The second-order valence-electron chi connectivity index (χ2n) is 22.7. The van der Waals surface area contributed by atoms with E-state index in [9.17, 15) is 14.4 Å². The van der Waals surface area contributed by atoms with Crippen molar-refractivity contribution in [2.45, 2.75) is 341 Å². The molecule has 0 saturated heterocycles. The van der Waals surface area contributed by atoms with Crippen LogP contribution in [-0.2, 0) is 28.6 Å². The van der Waals surface area contributed by atoms with E-state index in [-0.39, 0.29) is 31.1 Å². The van der Waals surface area contributed by atoms with Gasteiger partial charge >= 0.3 is 17.9 Å². The molecule has 460 valence electrons. The summed E-state index contributed by atoms with van der Waals surface area (Å²) in [7, 11) is 0. The molecular weight excluding hydrogens is 985 g/mol. The Labute approximate surface area is 496 Å². The Morgan fingerprint density at radius 1 is 0.263 bits per heavy atom. The number of allylic oxidation sites excluding steroid dienone is 16. The van der Waals surface area contributed by atoms with Crippen molar-refractivity contribution < 1.29 is 28.6 Å². The van der Waals surface area contributed by atoms with Crippen molar-refractivity contribution in [2.24, 2.45) is 0 Å². The van der Waals surface area contributed by atoms with Crippen molar-refractivity contribution in [3.8, 4) is 0 Å². The highest BCUT2D eigenvalue weighted by molar-refractivity contribution is 5.71. The Morgan fingerprint density at radius 3 is 0.800 bits per heavy atom. The lowest BCUT2D eigenvalue weighted by molar-refractivity contribution is -0.167. The minimum atomic E-state index is -0.785. The average Bonchev–Trinajstić information content (AvgIpc) is 3.46. The lowest BCUT2D eigenvalue weighted by atomic mass is 10.0. The number of ether oxygens (including phenoxy) is 3. The molecule has 0 rings (SSSR count). The van der Waals surface area contributed by atoms with E-state index in [0.717, 1.165) is 109 Å². The van der Waals surface area contributed by atoms with E-state index >= 15 is 0 Å². The van der Waals surface area contributed by atoms with Gasteiger partial charge in [-0.15, -0.1) is 0 Å². The second-order valence-corrected chi connectivity index (χ2v) is 22.7. The molecule has 1 atom stereocenters. The third kappa shape index (κ3) is 65.1. The fourth-order valence-corrected chi connectivity index (χ4v) is 9.67. The van der Waals surface area contributed by atoms with Gasteiger partial charge in [0.25, 0.3) is 0 Å². The van der Waals surface area contributed by atoms with Crippen LogP contribution in [0.3, 0.4) is 0 Å². The van der Waals surface area contributed by atoms with Crippen molar-refractivity contribution in [3.05, 3.63) is 97.2 Å². The molecule has 0 amide bonds. The molecule has 0 bridgehead atoms. The van der Waals surface area contributed by atoms with Gasteiger partial charge in [0.1, 0.15) is 13.2 Å². The normalized spacial score (nSPS) is 12.7. The zero-order chi connectivity index (χ0) is 57.8. The Morgan fingerprint density at radius 2 is 0.487 bits per heavy atom. The maximum atomic E-state index is 12.9. The van der Waals surface area contributed by atoms with Gasteiger partial charge in [-0.3, -0.25) is 14.4 Å². The number of unbranched alkanes of at least 4 members (excludes halogenated alkanes) is 35. The van der Waals surface area contributed by atoms with E-state index < -0.39 is 6.10 Å². The maximum absolute atomic E-state index is 12.9. The maximum Gasteiger partial charge on any atom is 0.306 e. The van der Waals surface area contributed by atoms with Crippen LogP contribution >= 0.6 is 0 Å². The minimum absolute atomic E-state index is 0.0821. The van der Waals surface area contributed by atoms with Gasteiger partial charge in [0.15, 0.2) is 6.10 Å². The molecule has 80 heavy (non-hydrogen) atoms. The van der Waals surface area contributed by atoms with E-state index in [2.05, 4.69) is 118 Å². The molecule has 0 aromatic rings. The van der Waals surface area contributed by atoms with Gasteiger partial charge in [-0.05, 0) is 122 Å². The highest BCUT2D eigenvalue weighted by Gasteiger charge is 2.19. The summed E-state index contributed by atoms with van der Waals surface area (Å²) in [6, 6.07) is 0. The Bertz CT molecular complexity index is 1560. The Hall–Kier alpha value is -3.67. The fourth-order valence-electron chi connectivity index (χ4n) is 9.67. The summed E-state index contributed by atoms with van der Waals surface area (Å²) in [6.07, 6.45) is 91.4. The monoisotopic (exact) mass is 1110 g/mol. The second kappa shape index (κ2) is 67.8. The lowest BCUT2D eigenvalue weighted by Crippen LogP contribution is -2.30. The summed E-state index contributed by atoms with van der Waals surface area (Å²) in [5.74, 6) is -0.885. The lowest BCUT2D eigenvalue weighted by Gasteiger charge is -2.18. The molecule has 6 nitrogen and oxygen atoms in total. The van der Waals surface area contributed by atoms with Crippen molar-refractivity contribution >= 4 is 17.9 Å². The minimum Gasteiger partial charge on any atom is -0.462 e. The van der Waals surface area contributed by atoms with Crippen LogP contribution in [-0.4, -0.2) is 37.2 Å². The molecule has 0 aliphatic rings. The van der Waals surface area contributed by atoms with Crippen LogP contribution in [0.4, 0.5) is 0 Å². The van der Waals surface area contributed by atoms with Gasteiger partial charge < -0.3 is 14.2 Å². The van der Waals surface area contributed by atoms with E-state index in [1.165, 1.54) is 186 Å². The van der Waals surface area contributed by atoms with Gasteiger partial charge in [0.05, 0.1) is 0 Å². The Kier molecular flexibility index (Phi) is 64.7. The third-order valence-corrected chi connectivity index (χ3v) is 14.8. The molecular formula is C74H128O6. The predicted octanol–water partition coefficient (Wildman–Crippen LogP) is 23.6. The van der Waals surface area contributed by atoms with Gasteiger partial charge in [0, 0.05) is 19.3 Å². The first-order valence-electron chi connectivity index (χ1n) is 34.2. The molecule has 0 spiro atoms. The summed E-state index contributed by atoms with van der Waals surface area (Å²) in [5.41, 5.74) is 0. The van der Waals surface area contributed by atoms with Gasteiger partial charge in [-0.1, -0.05) is 291 Å². The molecule has 0 N–H and O–H groups in total. The van der Waals surface area contributed by atoms with E-state index in [0.29, 0.717) is 19.3 Å². The molecule has 0 aliphatic heterocycles. The molecule has 6 heteroatoms. The summed E-state index contributed by atoms with van der Waals surface area (Å²) < 4.78 is 16.9. The first-order chi connectivity index (χ1) is 39.5. The molecule has 0 radical (unpaired) electrons. The predicted molar refractivity (Wildman–Crippen MR) is 348 cm³/mol. The molecule has 0 aliphatic carbocycles. The molecule has 0 heterocycles. The first kappa shape index (κ1) is 76.3.